The van der Waals surface area contributed by atoms with Gasteiger partial charge >= 0.3 is 13.8 Å². The van der Waals surface area contributed by atoms with Crippen molar-refractivity contribution in [2.75, 3.05) is 0 Å². The van der Waals surface area contributed by atoms with E-state index < -0.39 is 13.8 Å². The van der Waals surface area contributed by atoms with E-state index in [1.807, 2.05) is 42.5 Å². The molecule has 118 valence electrons. The first kappa shape index (κ1) is 16.2. The fourth-order valence-corrected chi connectivity index (χ4v) is 3.81. The molecule has 0 radical (unpaired) electrons. The van der Waals surface area contributed by atoms with Crippen molar-refractivity contribution in [3.63, 3.8) is 0 Å². The molecule has 0 atom stereocenters. The molecule has 0 saturated heterocycles. The Balaban J connectivity index is 2.17. The Morgan fingerprint density at radius 2 is 1.78 bits per heavy atom. The van der Waals surface area contributed by atoms with Crippen LogP contribution in [0.4, 0.5) is 0 Å². The Labute approximate surface area is 140 Å². The Kier molecular flexibility index (Phi) is 4.27. The van der Waals surface area contributed by atoms with Crippen molar-refractivity contribution >= 4 is 47.5 Å². The van der Waals surface area contributed by atoms with Crippen LogP contribution in [0.2, 0.25) is 4.34 Å². The standard InChI is InChI=1S/C15H10ClO5PS/c16-13-8-12(14(23-13)15(17)21-22(18,19)20)11-7-3-5-9-4-1-2-6-10(9)11/h1-8H,(H2,18,19,20). The lowest BCUT2D eigenvalue weighted by Crippen LogP contribution is -2.02. The highest BCUT2D eigenvalue weighted by atomic mass is 35.5. The van der Waals surface area contributed by atoms with Crippen molar-refractivity contribution in [2.24, 2.45) is 0 Å². The van der Waals surface area contributed by atoms with Crippen LogP contribution < -0.4 is 0 Å². The number of carbonyl (C=O) groups is 1. The van der Waals surface area contributed by atoms with Gasteiger partial charge in [-0.25, -0.2) is 9.36 Å². The average molecular weight is 369 g/mol. The fourth-order valence-electron chi connectivity index (χ4n) is 2.32. The van der Waals surface area contributed by atoms with Crippen LogP contribution in [0.1, 0.15) is 9.67 Å². The zero-order valence-electron chi connectivity index (χ0n) is 11.5. The molecule has 0 fully saturated rings. The highest BCUT2D eigenvalue weighted by molar-refractivity contribution is 7.47. The van der Waals surface area contributed by atoms with Gasteiger partial charge in [-0.3, -0.25) is 9.79 Å². The lowest BCUT2D eigenvalue weighted by Gasteiger charge is -2.08. The van der Waals surface area contributed by atoms with Crippen molar-refractivity contribution in [2.45, 2.75) is 0 Å². The van der Waals surface area contributed by atoms with Gasteiger partial charge in [0.1, 0.15) is 4.88 Å². The summed E-state index contributed by atoms with van der Waals surface area (Å²) in [7, 11) is -4.92. The second kappa shape index (κ2) is 6.07. The molecule has 0 spiro atoms. The van der Waals surface area contributed by atoms with E-state index >= 15 is 0 Å². The number of phosphoric ester groups is 1. The summed E-state index contributed by atoms with van der Waals surface area (Å²) >= 11 is 6.91. The molecule has 1 heterocycles. The number of carbonyl (C=O) groups excluding carboxylic acids is 1. The monoisotopic (exact) mass is 368 g/mol. The molecule has 0 aliphatic carbocycles. The molecule has 0 amide bonds. The highest BCUT2D eigenvalue weighted by Gasteiger charge is 2.26. The second-order valence-electron chi connectivity index (χ2n) is 4.69. The average Bonchev–Trinajstić information content (AvgIpc) is 2.87. The number of hydrogen-bond acceptors (Lipinski definition) is 4. The number of phosphoric acid groups is 1. The van der Waals surface area contributed by atoms with Gasteiger partial charge in [0.2, 0.25) is 0 Å². The summed E-state index contributed by atoms with van der Waals surface area (Å²) in [5, 5.41) is 1.87. The van der Waals surface area contributed by atoms with Gasteiger partial charge in [0.05, 0.1) is 4.34 Å². The quantitative estimate of drug-likeness (QED) is 0.666. The maximum atomic E-state index is 12.0. The van der Waals surface area contributed by atoms with Crippen LogP contribution in [0.3, 0.4) is 0 Å². The van der Waals surface area contributed by atoms with E-state index in [0.29, 0.717) is 9.90 Å². The minimum atomic E-state index is -4.92. The first-order valence-electron chi connectivity index (χ1n) is 6.42. The molecule has 3 rings (SSSR count). The molecule has 3 aromatic rings. The predicted molar refractivity (Wildman–Crippen MR) is 89.7 cm³/mol. The van der Waals surface area contributed by atoms with Gasteiger partial charge in [-0.05, 0) is 22.4 Å². The smallest absolute Gasteiger partial charge is 0.366 e. The van der Waals surface area contributed by atoms with Crippen LogP contribution >= 0.6 is 30.8 Å². The van der Waals surface area contributed by atoms with Gasteiger partial charge in [0.25, 0.3) is 0 Å². The van der Waals surface area contributed by atoms with Crippen LogP contribution in [0, 0.1) is 0 Å². The molecule has 23 heavy (non-hydrogen) atoms. The van der Waals surface area contributed by atoms with E-state index in [9.17, 15) is 9.36 Å². The minimum absolute atomic E-state index is 0.0506. The summed E-state index contributed by atoms with van der Waals surface area (Å²) in [5.41, 5.74) is 1.22. The van der Waals surface area contributed by atoms with Crippen molar-refractivity contribution in [1.82, 2.24) is 0 Å². The SMILES string of the molecule is O=C(OP(=O)(O)O)c1sc(Cl)cc1-c1cccc2ccccc12. The summed E-state index contributed by atoms with van der Waals surface area (Å²) < 4.78 is 15.4. The molecular weight excluding hydrogens is 359 g/mol. The largest absolute Gasteiger partial charge is 0.527 e. The van der Waals surface area contributed by atoms with Crippen LogP contribution in [0.15, 0.2) is 48.5 Å². The summed E-state index contributed by atoms with van der Waals surface area (Å²) in [5.74, 6) is -1.10. The molecule has 0 unspecified atom stereocenters. The number of fused-ring (bicyclic) bond motifs is 1. The topological polar surface area (TPSA) is 83.8 Å². The number of hydrogen-bond donors (Lipinski definition) is 2. The Hall–Kier alpha value is -1.69. The number of benzene rings is 2. The van der Waals surface area contributed by atoms with Crippen LogP contribution in [0.25, 0.3) is 21.9 Å². The molecule has 0 saturated carbocycles. The Morgan fingerprint density at radius 3 is 2.52 bits per heavy atom. The van der Waals surface area contributed by atoms with Crippen molar-refractivity contribution in [1.29, 1.82) is 0 Å². The fraction of sp³-hybridized carbons (Fsp3) is 0. The van der Waals surface area contributed by atoms with E-state index in [-0.39, 0.29) is 4.88 Å². The molecule has 2 aromatic carbocycles. The van der Waals surface area contributed by atoms with Crippen molar-refractivity contribution in [3.8, 4) is 11.1 Å². The maximum absolute atomic E-state index is 12.0. The maximum Gasteiger partial charge on any atom is 0.527 e. The highest BCUT2D eigenvalue weighted by Crippen LogP contribution is 2.42. The van der Waals surface area contributed by atoms with E-state index in [4.69, 9.17) is 21.4 Å². The molecular formula is C15H10ClO5PS. The molecule has 1 aromatic heterocycles. The van der Waals surface area contributed by atoms with E-state index in [1.54, 1.807) is 6.07 Å². The van der Waals surface area contributed by atoms with Gasteiger partial charge in [-0.1, -0.05) is 54.1 Å². The normalized spacial score (nSPS) is 11.6. The first-order chi connectivity index (χ1) is 10.8. The van der Waals surface area contributed by atoms with E-state index in [1.165, 1.54) is 0 Å². The first-order valence-corrected chi connectivity index (χ1v) is 9.14. The van der Waals surface area contributed by atoms with Gasteiger partial charge < -0.3 is 4.52 Å². The molecule has 0 bridgehead atoms. The Morgan fingerprint density at radius 1 is 1.09 bits per heavy atom. The molecule has 8 heteroatoms. The molecule has 5 nitrogen and oxygen atoms in total. The number of rotatable bonds is 3. The van der Waals surface area contributed by atoms with Crippen molar-refractivity contribution in [3.05, 3.63) is 57.7 Å². The lowest BCUT2D eigenvalue weighted by atomic mass is 9.99. The summed E-state index contributed by atoms with van der Waals surface area (Å²) in [6, 6.07) is 14.8. The third-order valence-electron chi connectivity index (χ3n) is 3.17. The Bertz CT molecular complexity index is 941. The third kappa shape index (κ3) is 3.47. The molecule has 0 aliphatic heterocycles. The van der Waals surface area contributed by atoms with E-state index in [2.05, 4.69) is 4.52 Å². The van der Waals surface area contributed by atoms with Gasteiger partial charge in [-0.2, -0.15) is 0 Å². The number of halogens is 1. The van der Waals surface area contributed by atoms with Gasteiger partial charge in [0, 0.05) is 5.56 Å². The van der Waals surface area contributed by atoms with Crippen molar-refractivity contribution < 1.29 is 23.7 Å². The second-order valence-corrected chi connectivity index (χ2v) is 7.54. The van der Waals surface area contributed by atoms with Crippen LogP contribution in [-0.2, 0) is 9.09 Å². The lowest BCUT2D eigenvalue weighted by molar-refractivity contribution is 0.0684. The number of thiophene rings is 1. The zero-order valence-corrected chi connectivity index (χ0v) is 13.9. The van der Waals surface area contributed by atoms with Gasteiger partial charge in [0.15, 0.2) is 0 Å². The van der Waals surface area contributed by atoms with Crippen LogP contribution in [0.5, 0.6) is 0 Å². The molecule has 2 N–H and O–H groups in total. The molecule has 0 aliphatic rings. The predicted octanol–water partition coefficient (Wildman–Crippen LogP) is 4.47. The zero-order chi connectivity index (χ0) is 16.6. The summed E-state index contributed by atoms with van der Waals surface area (Å²) in [6.07, 6.45) is 0. The van der Waals surface area contributed by atoms with E-state index in [0.717, 1.165) is 27.7 Å². The van der Waals surface area contributed by atoms with Crippen LogP contribution in [-0.4, -0.2) is 15.8 Å². The summed E-state index contributed by atoms with van der Waals surface area (Å²) in [6.45, 7) is 0. The third-order valence-corrected chi connectivity index (χ3v) is 4.82. The summed E-state index contributed by atoms with van der Waals surface area (Å²) in [4.78, 5) is 29.8. The minimum Gasteiger partial charge on any atom is -0.366 e. The van der Waals surface area contributed by atoms with Gasteiger partial charge in [-0.15, -0.1) is 11.3 Å².